The molecule has 0 saturated carbocycles. The molecule has 0 amide bonds. The fourth-order valence-electron chi connectivity index (χ4n) is 1.98. The SMILES string of the molecule is Cc1cc(N)n(-c2ccc(-c3cc(Cl)ccc3Cl)nn2)n1. The molecular weight excluding hydrogens is 309 g/mol. The summed E-state index contributed by atoms with van der Waals surface area (Å²) < 4.78 is 1.53. The Morgan fingerprint density at radius 2 is 1.86 bits per heavy atom. The third kappa shape index (κ3) is 2.70. The molecule has 3 rings (SSSR count). The second-order valence-corrected chi connectivity index (χ2v) is 5.37. The van der Waals surface area contributed by atoms with Gasteiger partial charge in [0.2, 0.25) is 0 Å². The summed E-state index contributed by atoms with van der Waals surface area (Å²) in [4.78, 5) is 0. The number of hydrogen-bond donors (Lipinski definition) is 1. The third-order valence-electron chi connectivity index (χ3n) is 2.93. The Bertz CT molecular complexity index is 796. The summed E-state index contributed by atoms with van der Waals surface area (Å²) in [5.41, 5.74) is 8.04. The molecule has 0 fully saturated rings. The molecule has 0 aliphatic rings. The molecule has 5 nitrogen and oxygen atoms in total. The number of rotatable bonds is 2. The molecule has 0 saturated heterocycles. The van der Waals surface area contributed by atoms with Crippen LogP contribution < -0.4 is 5.73 Å². The number of aryl methyl sites for hydroxylation is 1. The molecule has 0 bridgehead atoms. The van der Waals surface area contributed by atoms with Crippen LogP contribution in [0.3, 0.4) is 0 Å². The van der Waals surface area contributed by atoms with Gasteiger partial charge in [-0.15, -0.1) is 10.2 Å². The van der Waals surface area contributed by atoms with Crippen LogP contribution in [0.5, 0.6) is 0 Å². The number of aromatic nitrogens is 4. The average molecular weight is 320 g/mol. The maximum absolute atomic E-state index is 6.15. The normalized spacial score (nSPS) is 10.8. The number of hydrogen-bond acceptors (Lipinski definition) is 4. The molecule has 0 aliphatic heterocycles. The fraction of sp³-hybridized carbons (Fsp3) is 0.0714. The first-order valence-electron chi connectivity index (χ1n) is 6.16. The van der Waals surface area contributed by atoms with Crippen molar-refractivity contribution in [2.24, 2.45) is 0 Å². The Morgan fingerprint density at radius 1 is 1.05 bits per heavy atom. The van der Waals surface area contributed by atoms with E-state index in [-0.39, 0.29) is 0 Å². The molecule has 2 aromatic heterocycles. The molecule has 1 aromatic carbocycles. The van der Waals surface area contributed by atoms with E-state index in [1.807, 2.05) is 6.92 Å². The molecule has 0 atom stereocenters. The molecule has 7 heteroatoms. The molecular formula is C14H11Cl2N5. The Balaban J connectivity index is 2.01. The number of anilines is 1. The summed E-state index contributed by atoms with van der Waals surface area (Å²) >= 11 is 12.1. The van der Waals surface area contributed by atoms with E-state index >= 15 is 0 Å². The van der Waals surface area contributed by atoms with Crippen LogP contribution in [0.1, 0.15) is 5.69 Å². The van der Waals surface area contributed by atoms with E-state index in [1.165, 1.54) is 4.68 Å². The number of nitrogens with two attached hydrogens (primary N) is 1. The summed E-state index contributed by atoms with van der Waals surface area (Å²) in [7, 11) is 0. The lowest BCUT2D eigenvalue weighted by molar-refractivity contribution is 0.813. The van der Waals surface area contributed by atoms with E-state index < -0.39 is 0 Å². The summed E-state index contributed by atoms with van der Waals surface area (Å²) in [6.45, 7) is 1.86. The minimum Gasteiger partial charge on any atom is -0.384 e. The van der Waals surface area contributed by atoms with E-state index in [0.29, 0.717) is 27.4 Å². The summed E-state index contributed by atoms with van der Waals surface area (Å²) in [5, 5.41) is 13.7. The average Bonchev–Trinajstić information content (AvgIpc) is 2.81. The standard InChI is InChI=1S/C14H11Cl2N5/c1-8-6-13(17)21(20-8)14-5-4-12(18-19-14)10-7-9(15)2-3-11(10)16/h2-7H,17H2,1H3. The Hall–Kier alpha value is -2.11. The van der Waals surface area contributed by atoms with Crippen molar-refractivity contribution < 1.29 is 0 Å². The van der Waals surface area contributed by atoms with Crippen LogP contribution in [0, 0.1) is 6.92 Å². The monoisotopic (exact) mass is 319 g/mol. The second-order valence-electron chi connectivity index (χ2n) is 4.52. The van der Waals surface area contributed by atoms with Crippen LogP contribution >= 0.6 is 23.2 Å². The van der Waals surface area contributed by atoms with E-state index in [2.05, 4.69) is 15.3 Å². The van der Waals surface area contributed by atoms with E-state index in [1.54, 1.807) is 36.4 Å². The van der Waals surface area contributed by atoms with Gasteiger partial charge in [-0.2, -0.15) is 9.78 Å². The van der Waals surface area contributed by atoms with Crippen molar-refractivity contribution in [1.29, 1.82) is 0 Å². The zero-order valence-electron chi connectivity index (χ0n) is 11.1. The maximum Gasteiger partial charge on any atom is 0.178 e. The van der Waals surface area contributed by atoms with Crippen molar-refractivity contribution in [1.82, 2.24) is 20.0 Å². The van der Waals surface area contributed by atoms with Crippen LogP contribution in [0.2, 0.25) is 10.0 Å². The highest BCUT2D eigenvalue weighted by atomic mass is 35.5. The Labute approximate surface area is 131 Å². The molecule has 0 radical (unpaired) electrons. The van der Waals surface area contributed by atoms with Gasteiger partial charge in [-0.3, -0.25) is 0 Å². The van der Waals surface area contributed by atoms with Crippen LogP contribution in [0.15, 0.2) is 36.4 Å². The Kier molecular flexibility index (Phi) is 3.53. The van der Waals surface area contributed by atoms with Crippen molar-refractivity contribution in [3.8, 4) is 17.1 Å². The van der Waals surface area contributed by atoms with Crippen molar-refractivity contribution in [2.75, 3.05) is 5.73 Å². The van der Waals surface area contributed by atoms with Gasteiger partial charge in [0, 0.05) is 16.7 Å². The van der Waals surface area contributed by atoms with Gasteiger partial charge in [0.25, 0.3) is 0 Å². The number of nitrogens with zero attached hydrogens (tertiary/aromatic N) is 4. The quantitative estimate of drug-likeness (QED) is 0.784. The van der Waals surface area contributed by atoms with Gasteiger partial charge in [0.1, 0.15) is 5.82 Å². The summed E-state index contributed by atoms with van der Waals surface area (Å²) in [6, 6.07) is 10.5. The van der Waals surface area contributed by atoms with Crippen LogP contribution in [-0.2, 0) is 0 Å². The number of halogens is 2. The lowest BCUT2D eigenvalue weighted by Gasteiger charge is -2.06. The highest BCUT2D eigenvalue weighted by molar-refractivity contribution is 6.35. The van der Waals surface area contributed by atoms with Crippen molar-refractivity contribution in [3.05, 3.63) is 52.1 Å². The van der Waals surface area contributed by atoms with Crippen molar-refractivity contribution >= 4 is 29.0 Å². The topological polar surface area (TPSA) is 69.6 Å². The molecule has 2 N–H and O–H groups in total. The molecule has 2 heterocycles. The van der Waals surface area contributed by atoms with Crippen LogP contribution in [-0.4, -0.2) is 20.0 Å². The molecule has 0 unspecified atom stereocenters. The molecule has 0 aliphatic carbocycles. The zero-order chi connectivity index (χ0) is 15.0. The minimum absolute atomic E-state index is 0.510. The van der Waals surface area contributed by atoms with Gasteiger partial charge in [-0.05, 0) is 37.3 Å². The predicted molar refractivity (Wildman–Crippen MR) is 83.8 cm³/mol. The van der Waals surface area contributed by atoms with Gasteiger partial charge in [0.15, 0.2) is 5.82 Å². The highest BCUT2D eigenvalue weighted by Crippen LogP contribution is 2.29. The lowest BCUT2D eigenvalue weighted by atomic mass is 10.1. The van der Waals surface area contributed by atoms with Gasteiger partial charge >= 0.3 is 0 Å². The first-order valence-corrected chi connectivity index (χ1v) is 6.92. The summed E-state index contributed by atoms with van der Waals surface area (Å²) in [5.74, 6) is 1.05. The van der Waals surface area contributed by atoms with Gasteiger partial charge in [0.05, 0.1) is 16.4 Å². The molecule has 3 aromatic rings. The van der Waals surface area contributed by atoms with Crippen molar-refractivity contribution in [3.63, 3.8) is 0 Å². The maximum atomic E-state index is 6.15. The number of nitrogen functional groups attached to an aromatic ring is 1. The minimum atomic E-state index is 0.510. The Morgan fingerprint density at radius 3 is 2.48 bits per heavy atom. The van der Waals surface area contributed by atoms with Gasteiger partial charge in [-0.25, -0.2) is 0 Å². The van der Waals surface area contributed by atoms with Crippen LogP contribution in [0.4, 0.5) is 5.82 Å². The molecule has 0 spiro atoms. The van der Waals surface area contributed by atoms with E-state index in [4.69, 9.17) is 28.9 Å². The summed E-state index contributed by atoms with van der Waals surface area (Å²) in [6.07, 6.45) is 0. The molecule has 106 valence electrons. The third-order valence-corrected chi connectivity index (χ3v) is 3.50. The zero-order valence-corrected chi connectivity index (χ0v) is 12.6. The van der Waals surface area contributed by atoms with Crippen molar-refractivity contribution in [2.45, 2.75) is 6.92 Å². The van der Waals surface area contributed by atoms with Gasteiger partial charge < -0.3 is 5.73 Å². The first kappa shape index (κ1) is 13.9. The largest absolute Gasteiger partial charge is 0.384 e. The number of benzene rings is 1. The van der Waals surface area contributed by atoms with E-state index in [0.717, 1.165) is 11.3 Å². The highest BCUT2D eigenvalue weighted by Gasteiger charge is 2.09. The smallest absolute Gasteiger partial charge is 0.178 e. The lowest BCUT2D eigenvalue weighted by Crippen LogP contribution is -2.05. The van der Waals surface area contributed by atoms with Gasteiger partial charge in [-0.1, -0.05) is 23.2 Å². The predicted octanol–water partition coefficient (Wildman–Crippen LogP) is 3.53. The van der Waals surface area contributed by atoms with Crippen LogP contribution in [0.25, 0.3) is 17.1 Å². The first-order chi connectivity index (χ1) is 10.0. The molecule has 21 heavy (non-hydrogen) atoms. The fourth-order valence-corrected chi connectivity index (χ4v) is 2.37. The second kappa shape index (κ2) is 5.35. The van der Waals surface area contributed by atoms with E-state index in [9.17, 15) is 0 Å².